The third kappa shape index (κ3) is 14.3. The Kier molecular flexibility index (Phi) is 20.5. The molecule has 0 aliphatic heterocycles. The first kappa shape index (κ1) is 86.5. The van der Waals surface area contributed by atoms with Gasteiger partial charge in [0.15, 0.2) is 5.82 Å². The minimum atomic E-state index is 0.718. The molecule has 0 atom stereocenters. The van der Waals surface area contributed by atoms with E-state index in [1.165, 1.54) is 157 Å². The van der Waals surface area contributed by atoms with E-state index in [1.807, 2.05) is 124 Å². The van der Waals surface area contributed by atoms with Crippen molar-refractivity contribution in [2.75, 3.05) is 0 Å². The molecule has 0 fully saturated rings. The first-order chi connectivity index (χ1) is 74.4. The van der Waals surface area contributed by atoms with Crippen LogP contribution in [0.3, 0.4) is 0 Å². The van der Waals surface area contributed by atoms with Gasteiger partial charge in [-0.2, -0.15) is 0 Å². The lowest BCUT2D eigenvalue weighted by molar-refractivity contribution is 1.05. The Morgan fingerprint density at radius 3 is 1.09 bits per heavy atom. The van der Waals surface area contributed by atoms with Crippen LogP contribution in [0.5, 0.6) is 0 Å². The van der Waals surface area contributed by atoms with Crippen molar-refractivity contribution in [3.63, 3.8) is 0 Å². The third-order valence-electron chi connectivity index (χ3n) is 29.4. The second-order valence-electron chi connectivity index (χ2n) is 37.9. The van der Waals surface area contributed by atoms with Gasteiger partial charge in [0, 0.05) is 199 Å². The van der Waals surface area contributed by atoms with Crippen LogP contribution in [0.15, 0.2) is 498 Å². The van der Waals surface area contributed by atoms with E-state index in [0.29, 0.717) is 0 Å². The number of nitrogens with zero attached hydrogens (tertiary/aromatic N) is 12. The van der Waals surface area contributed by atoms with Crippen LogP contribution < -0.4 is 0 Å². The zero-order valence-electron chi connectivity index (χ0n) is 80.3. The number of para-hydroxylation sites is 8. The summed E-state index contributed by atoms with van der Waals surface area (Å²) in [5.74, 6) is 3.44. The maximum Gasteiger partial charge on any atom is 0.162 e. The number of imidazole rings is 2. The van der Waals surface area contributed by atoms with Gasteiger partial charge in [0.05, 0.1) is 77.8 Å². The molecule has 0 unspecified atom stereocenters. The Morgan fingerprint density at radius 2 is 0.593 bits per heavy atom. The summed E-state index contributed by atoms with van der Waals surface area (Å²) in [7, 11) is 0. The third-order valence-corrected chi connectivity index (χ3v) is 34.2. The maximum absolute atomic E-state index is 5.15. The van der Waals surface area contributed by atoms with Crippen LogP contribution in [0.25, 0.3) is 281 Å². The second kappa shape index (κ2) is 35.5. The van der Waals surface area contributed by atoms with Crippen molar-refractivity contribution in [1.82, 2.24) is 57.1 Å². The Bertz CT molecular complexity index is 11100. The molecule has 0 saturated carbocycles. The van der Waals surface area contributed by atoms with E-state index in [2.05, 4.69) is 451 Å². The van der Waals surface area contributed by atoms with Crippen LogP contribution in [0.2, 0.25) is 0 Å². The molecule has 150 heavy (non-hydrogen) atoms. The smallest absolute Gasteiger partial charge is 0.162 e. The van der Waals surface area contributed by atoms with E-state index >= 15 is 0 Å². The molecule has 33 rings (SSSR count). The predicted molar refractivity (Wildman–Crippen MR) is 634 cm³/mol. The molecule has 16 heteroatoms. The molecule has 19 aromatic carbocycles. The Morgan fingerprint density at radius 1 is 0.200 bits per heavy atom. The molecule has 33 aromatic rings. The normalized spacial score (nSPS) is 11.9. The highest BCUT2D eigenvalue weighted by molar-refractivity contribution is 7.28. The Hall–Kier alpha value is -18.9. The van der Waals surface area contributed by atoms with Crippen molar-refractivity contribution in [2.45, 2.75) is 0 Å². The molecular formula is C134H82N12S4. The van der Waals surface area contributed by atoms with Crippen molar-refractivity contribution in [2.24, 2.45) is 0 Å². The van der Waals surface area contributed by atoms with Crippen LogP contribution in [-0.4, -0.2) is 57.1 Å². The highest BCUT2D eigenvalue weighted by atomic mass is 32.1. The summed E-state index contributed by atoms with van der Waals surface area (Å²) in [5, 5.41) is 22.0. The number of benzene rings is 19. The lowest BCUT2D eigenvalue weighted by Crippen LogP contribution is -2.02. The average molecular weight is 1990 g/mol. The van der Waals surface area contributed by atoms with Gasteiger partial charge in [0.2, 0.25) is 0 Å². The van der Waals surface area contributed by atoms with Crippen LogP contribution in [0.4, 0.5) is 0 Å². The molecule has 12 nitrogen and oxygen atoms in total. The van der Waals surface area contributed by atoms with Crippen molar-refractivity contribution >= 4 is 241 Å². The molecule has 0 saturated heterocycles. The molecule has 0 bridgehead atoms. The summed E-state index contributed by atoms with van der Waals surface area (Å²) in [6.07, 6.45) is 6.04. The lowest BCUT2D eigenvalue weighted by Gasteiger charge is -2.12. The number of pyridine rings is 3. The highest BCUT2D eigenvalue weighted by Gasteiger charge is 2.27. The topological polar surface area (TPSA) is 106 Å². The Labute approximate surface area is 874 Å². The fourth-order valence-electron chi connectivity index (χ4n) is 22.6. The van der Waals surface area contributed by atoms with E-state index in [4.69, 9.17) is 24.9 Å². The number of rotatable bonds is 10. The van der Waals surface area contributed by atoms with Gasteiger partial charge in [-0.25, -0.2) is 24.9 Å². The molecule has 0 aliphatic rings. The first-order valence-electron chi connectivity index (χ1n) is 50.3. The molecule has 14 aromatic heterocycles. The minimum Gasteiger partial charge on any atom is -0.309 e. The summed E-state index contributed by atoms with van der Waals surface area (Å²) in [6.45, 7) is 0. The molecule has 14 heterocycles. The number of hydrogen-bond donors (Lipinski definition) is 0. The van der Waals surface area contributed by atoms with Gasteiger partial charge in [0.25, 0.3) is 0 Å². The number of hydrogen-bond acceptors (Lipinski definition) is 10. The molecule has 702 valence electrons. The maximum atomic E-state index is 5.15. The van der Waals surface area contributed by atoms with E-state index in [1.54, 1.807) is 0 Å². The molecule has 0 radical (unpaired) electrons. The quantitative estimate of drug-likeness (QED) is 0.135. The van der Waals surface area contributed by atoms with Gasteiger partial charge < -0.3 is 13.5 Å². The van der Waals surface area contributed by atoms with Gasteiger partial charge in [-0.15, -0.1) is 45.3 Å². The fraction of sp³-hybridized carbons (Fsp3) is 0. The summed E-state index contributed by atoms with van der Waals surface area (Å²) in [5.41, 5.74) is 25.1. The van der Waals surface area contributed by atoms with Gasteiger partial charge in [0.1, 0.15) is 23.1 Å². The Balaban J connectivity index is 0.0000000920. The average Bonchev–Trinajstić information content (AvgIpc) is 1.57. The van der Waals surface area contributed by atoms with Crippen LogP contribution in [0, 0.1) is 0 Å². The largest absolute Gasteiger partial charge is 0.309 e. The number of fused-ring (bicyclic) bond motifs is 31. The van der Waals surface area contributed by atoms with Gasteiger partial charge in [-0.1, -0.05) is 303 Å². The molecule has 0 aliphatic carbocycles. The first-order valence-corrected chi connectivity index (χ1v) is 53.5. The van der Waals surface area contributed by atoms with E-state index in [0.717, 1.165) is 124 Å². The van der Waals surface area contributed by atoms with Crippen molar-refractivity contribution in [1.29, 1.82) is 0 Å². The van der Waals surface area contributed by atoms with Gasteiger partial charge in [-0.05, 0) is 170 Å². The van der Waals surface area contributed by atoms with Crippen molar-refractivity contribution in [3.05, 3.63) is 498 Å². The van der Waals surface area contributed by atoms with Crippen LogP contribution in [0.1, 0.15) is 0 Å². The van der Waals surface area contributed by atoms with E-state index in [-0.39, 0.29) is 0 Å². The van der Waals surface area contributed by atoms with Crippen molar-refractivity contribution in [3.8, 4) is 85.2 Å². The molecule has 0 N–H and O–H groups in total. The lowest BCUT2D eigenvalue weighted by atomic mass is 10.1. The zero-order valence-corrected chi connectivity index (χ0v) is 83.6. The summed E-state index contributed by atoms with van der Waals surface area (Å²) >= 11 is 7.53. The standard InChI is InChI=1S/C37H23N3S.C34H21N3S.C32H19N3S.C31H19N3S/c1-2-10-25(11-3-1)40-32-16-8-6-14-30(32)38-37(40)24-18-20-26(21-19-24)39-31-15-7-4-13-29(31)35-33(39)23-22-28-27-12-5-9-17-34(27)41-36(28)35;1-3-11-22(12-4-1)27-21-31(36-34(35-27)23-13-5-2-6-14-23)37-28-17-9-7-16-26(28)32-29(37)20-19-25-24-15-8-10-18-30(24)38-33(25)32;1-4-11-25-20(8-1)18-21(19-33-25)26-12-7-15-30(34-26)35-27-13-5-2-10-24(27)31-28(35)17-16-23-22-9-3-6-14-29(22)36-32(23)31;1-3-9-26-24(8-1)30-27(17-16-23-22-7-2-4-10-28(22)35-31(23)30)34(26)21-14-12-20(13-15-21)25-19-33-18-6-5-11-29(33)32-25/h1-23H;1-21H;1-19H;1-19H. The summed E-state index contributed by atoms with van der Waals surface area (Å²) in [6, 6.07) is 170. The highest BCUT2D eigenvalue weighted by Crippen LogP contribution is 2.50. The predicted octanol–water partition coefficient (Wildman–Crippen LogP) is 36.7. The summed E-state index contributed by atoms with van der Waals surface area (Å²) in [4.78, 5) is 29.8. The van der Waals surface area contributed by atoms with Gasteiger partial charge >= 0.3 is 0 Å². The molecule has 0 amide bonds. The number of thiophene rings is 4. The number of aromatic nitrogens is 12. The molecule has 0 spiro atoms. The minimum absolute atomic E-state index is 0.718. The fourth-order valence-corrected chi connectivity index (χ4v) is 27.6. The van der Waals surface area contributed by atoms with E-state index in [9.17, 15) is 0 Å². The van der Waals surface area contributed by atoms with E-state index < -0.39 is 0 Å². The second-order valence-corrected chi connectivity index (χ2v) is 42.1. The van der Waals surface area contributed by atoms with Crippen molar-refractivity contribution < 1.29 is 0 Å². The SMILES string of the molecule is c1cc(-c2cnc3ccccc3c2)nc(-n2c3ccccc3c3c4sc5ccccc5c4ccc32)c1.c1ccc(-c2cc(-n3c4ccccc4c4c5sc6ccccc6c5ccc43)nc(-c3ccccc3)n2)cc1.c1ccc(-n2c(-c3ccc(-n4c5ccccc5c5c6sc7ccccc7c6ccc54)cc3)nc3ccccc32)cc1.c1ccc2c(c1)sc1c2ccc2c1c1ccccc1n2-c1ccc(-c2cn3ccccc3n2)cc1. The van der Waals surface area contributed by atoms with Gasteiger partial charge in [-0.3, -0.25) is 18.7 Å². The zero-order chi connectivity index (χ0) is 98.5. The van der Waals surface area contributed by atoms with Crippen LogP contribution in [-0.2, 0) is 0 Å². The summed E-state index contributed by atoms with van der Waals surface area (Å²) < 4.78 is 24.4. The van der Waals surface area contributed by atoms with Crippen LogP contribution >= 0.6 is 45.3 Å². The molecular weight excluding hydrogens is 1910 g/mol. The monoisotopic (exact) mass is 1990 g/mol.